The Hall–Kier alpha value is -1.13. The zero-order chi connectivity index (χ0) is 13.6. The van der Waals surface area contributed by atoms with Gasteiger partial charge in [0, 0.05) is 38.4 Å². The third-order valence-corrected chi connectivity index (χ3v) is 4.53. The van der Waals surface area contributed by atoms with Crippen LogP contribution in [0.5, 0.6) is 0 Å². The van der Waals surface area contributed by atoms with Crippen LogP contribution in [-0.4, -0.2) is 55.2 Å². The molecule has 20 heavy (non-hydrogen) atoms. The molecule has 3 heterocycles. The fourth-order valence-corrected chi connectivity index (χ4v) is 3.29. The maximum atomic E-state index is 4.44. The first-order valence-electron chi connectivity index (χ1n) is 8.03. The zero-order valence-corrected chi connectivity index (χ0v) is 12.3. The van der Waals surface area contributed by atoms with Gasteiger partial charge in [-0.05, 0) is 50.9 Å². The van der Waals surface area contributed by atoms with Gasteiger partial charge in [-0.1, -0.05) is 6.07 Å². The molecule has 2 aliphatic rings. The van der Waals surface area contributed by atoms with Gasteiger partial charge < -0.3 is 15.1 Å². The number of hydrogen-bond acceptors (Lipinski definition) is 4. The molecule has 0 aliphatic carbocycles. The van der Waals surface area contributed by atoms with E-state index >= 15 is 0 Å². The molecule has 0 spiro atoms. The Kier molecular flexibility index (Phi) is 4.87. The van der Waals surface area contributed by atoms with Crippen LogP contribution in [-0.2, 0) is 0 Å². The summed E-state index contributed by atoms with van der Waals surface area (Å²) < 4.78 is 0. The lowest BCUT2D eigenvalue weighted by molar-refractivity contribution is 0.316. The van der Waals surface area contributed by atoms with Crippen LogP contribution in [0.1, 0.15) is 25.7 Å². The van der Waals surface area contributed by atoms with Gasteiger partial charge in [0.15, 0.2) is 0 Å². The molecule has 3 rings (SSSR count). The number of anilines is 1. The second kappa shape index (κ2) is 7.04. The first-order chi connectivity index (χ1) is 9.92. The number of likely N-dealkylation sites (tertiary alicyclic amines) is 1. The first kappa shape index (κ1) is 13.8. The van der Waals surface area contributed by atoms with E-state index in [-0.39, 0.29) is 0 Å². The monoisotopic (exact) mass is 274 g/mol. The van der Waals surface area contributed by atoms with Crippen LogP contribution < -0.4 is 10.2 Å². The van der Waals surface area contributed by atoms with Gasteiger partial charge in [0.05, 0.1) is 0 Å². The summed E-state index contributed by atoms with van der Waals surface area (Å²) in [6, 6.07) is 6.86. The number of pyridine rings is 1. The zero-order valence-electron chi connectivity index (χ0n) is 12.3. The molecule has 0 atom stereocenters. The van der Waals surface area contributed by atoms with Gasteiger partial charge in [0.2, 0.25) is 0 Å². The van der Waals surface area contributed by atoms with Crippen LogP contribution in [0.4, 0.5) is 5.82 Å². The predicted molar refractivity (Wildman–Crippen MR) is 83.1 cm³/mol. The second-order valence-electron chi connectivity index (χ2n) is 5.95. The minimum Gasteiger partial charge on any atom is -0.357 e. The van der Waals surface area contributed by atoms with Crippen LogP contribution in [0.2, 0.25) is 0 Å². The highest BCUT2D eigenvalue weighted by molar-refractivity contribution is 5.38. The van der Waals surface area contributed by atoms with Gasteiger partial charge in [-0.25, -0.2) is 4.98 Å². The number of nitrogens with zero attached hydrogens (tertiary/aromatic N) is 3. The number of piperidine rings is 1. The third-order valence-electron chi connectivity index (χ3n) is 4.53. The van der Waals surface area contributed by atoms with Crippen LogP contribution in [0.25, 0.3) is 0 Å². The van der Waals surface area contributed by atoms with Crippen molar-refractivity contribution in [3.8, 4) is 0 Å². The minimum atomic E-state index is 0.692. The molecule has 1 aromatic heterocycles. The maximum absolute atomic E-state index is 4.44. The van der Waals surface area contributed by atoms with Gasteiger partial charge in [-0.3, -0.25) is 0 Å². The number of rotatable bonds is 5. The van der Waals surface area contributed by atoms with Crippen molar-refractivity contribution in [2.75, 3.05) is 44.2 Å². The average Bonchev–Trinajstić information content (AvgIpc) is 3.02. The summed E-state index contributed by atoms with van der Waals surface area (Å²) in [5.74, 6) is 1.13. The summed E-state index contributed by atoms with van der Waals surface area (Å²) in [5.41, 5.74) is 0. The Labute approximate surface area is 122 Å². The minimum absolute atomic E-state index is 0.692. The Morgan fingerprint density at radius 3 is 2.60 bits per heavy atom. The van der Waals surface area contributed by atoms with Crippen molar-refractivity contribution < 1.29 is 0 Å². The van der Waals surface area contributed by atoms with Crippen LogP contribution in [0, 0.1) is 0 Å². The van der Waals surface area contributed by atoms with Gasteiger partial charge >= 0.3 is 0 Å². The molecule has 0 unspecified atom stereocenters. The van der Waals surface area contributed by atoms with Crippen molar-refractivity contribution in [2.24, 2.45) is 0 Å². The van der Waals surface area contributed by atoms with Crippen molar-refractivity contribution in [2.45, 2.75) is 31.7 Å². The molecule has 0 amide bonds. The highest BCUT2D eigenvalue weighted by Gasteiger charge is 2.19. The van der Waals surface area contributed by atoms with E-state index in [0.29, 0.717) is 6.04 Å². The van der Waals surface area contributed by atoms with Crippen molar-refractivity contribution in [1.82, 2.24) is 15.2 Å². The first-order valence-corrected chi connectivity index (χ1v) is 8.03. The Morgan fingerprint density at radius 1 is 1.10 bits per heavy atom. The molecule has 0 bridgehead atoms. The largest absolute Gasteiger partial charge is 0.357 e. The quantitative estimate of drug-likeness (QED) is 0.886. The number of aromatic nitrogens is 1. The molecule has 2 saturated heterocycles. The summed E-state index contributed by atoms with van der Waals surface area (Å²) in [6.07, 6.45) is 7.13. The molecule has 0 saturated carbocycles. The summed E-state index contributed by atoms with van der Waals surface area (Å²) in [6.45, 7) is 7.23. The van der Waals surface area contributed by atoms with Crippen molar-refractivity contribution in [3.63, 3.8) is 0 Å². The van der Waals surface area contributed by atoms with Gasteiger partial charge in [-0.15, -0.1) is 0 Å². The normalized spacial score (nSPS) is 21.5. The summed E-state index contributed by atoms with van der Waals surface area (Å²) in [4.78, 5) is 9.42. The highest BCUT2D eigenvalue weighted by Crippen LogP contribution is 2.17. The van der Waals surface area contributed by atoms with E-state index in [1.165, 1.54) is 45.3 Å². The lowest BCUT2D eigenvalue weighted by Crippen LogP contribution is -2.44. The van der Waals surface area contributed by atoms with Crippen LogP contribution >= 0.6 is 0 Å². The molecule has 2 aliphatic heterocycles. The molecule has 4 heteroatoms. The molecule has 0 aromatic carbocycles. The Balaban J connectivity index is 1.36. The molecular formula is C16H26N4. The van der Waals surface area contributed by atoms with E-state index in [2.05, 4.69) is 32.2 Å². The van der Waals surface area contributed by atoms with Gasteiger partial charge in [-0.2, -0.15) is 0 Å². The van der Waals surface area contributed by atoms with Crippen molar-refractivity contribution in [3.05, 3.63) is 24.4 Å². The summed E-state index contributed by atoms with van der Waals surface area (Å²) >= 11 is 0. The smallest absolute Gasteiger partial charge is 0.128 e. The van der Waals surface area contributed by atoms with E-state index in [1.54, 1.807) is 0 Å². The number of nitrogens with one attached hydrogen (secondary N) is 1. The average molecular weight is 274 g/mol. The fourth-order valence-electron chi connectivity index (χ4n) is 3.29. The second-order valence-corrected chi connectivity index (χ2v) is 5.95. The Morgan fingerprint density at radius 2 is 1.90 bits per heavy atom. The molecule has 4 nitrogen and oxygen atoms in total. The predicted octanol–water partition coefficient (Wildman–Crippen LogP) is 1.74. The van der Waals surface area contributed by atoms with E-state index in [4.69, 9.17) is 0 Å². The maximum Gasteiger partial charge on any atom is 0.128 e. The highest BCUT2D eigenvalue weighted by atomic mass is 15.2. The van der Waals surface area contributed by atoms with Crippen molar-refractivity contribution >= 4 is 5.82 Å². The summed E-state index contributed by atoms with van der Waals surface area (Å²) in [7, 11) is 0. The summed E-state index contributed by atoms with van der Waals surface area (Å²) in [5, 5.41) is 3.73. The van der Waals surface area contributed by atoms with E-state index in [1.807, 2.05) is 12.3 Å². The lowest BCUT2D eigenvalue weighted by Gasteiger charge is -2.33. The molecule has 110 valence electrons. The lowest BCUT2D eigenvalue weighted by atomic mass is 10.1. The molecule has 1 aromatic rings. The van der Waals surface area contributed by atoms with Crippen LogP contribution in [0.15, 0.2) is 24.4 Å². The van der Waals surface area contributed by atoms with Gasteiger partial charge in [0.1, 0.15) is 5.82 Å². The van der Waals surface area contributed by atoms with Gasteiger partial charge in [0.25, 0.3) is 0 Å². The molecular weight excluding hydrogens is 248 g/mol. The Bertz CT molecular complexity index is 381. The van der Waals surface area contributed by atoms with E-state index < -0.39 is 0 Å². The third kappa shape index (κ3) is 3.70. The standard InChI is InChI=1S/C16H26N4/c1-2-8-18-16(5-1)20-12-6-15(7-13-20)17-9-14-19-10-3-4-11-19/h1-2,5,8,15,17H,3-4,6-7,9-14H2. The topological polar surface area (TPSA) is 31.4 Å². The molecule has 0 radical (unpaired) electrons. The van der Waals surface area contributed by atoms with Crippen molar-refractivity contribution in [1.29, 1.82) is 0 Å². The molecule has 1 N–H and O–H groups in total. The van der Waals surface area contributed by atoms with E-state index in [9.17, 15) is 0 Å². The van der Waals surface area contributed by atoms with E-state index in [0.717, 1.165) is 25.5 Å². The fraction of sp³-hybridized carbons (Fsp3) is 0.688. The van der Waals surface area contributed by atoms with Crippen LogP contribution in [0.3, 0.4) is 0 Å². The SMILES string of the molecule is c1ccc(N2CCC(NCCN3CCCC3)CC2)nc1. The number of hydrogen-bond donors (Lipinski definition) is 1. The molecule has 2 fully saturated rings.